The van der Waals surface area contributed by atoms with E-state index in [2.05, 4.69) is 25.6 Å². The van der Waals surface area contributed by atoms with Gasteiger partial charge >= 0.3 is 0 Å². The Labute approximate surface area is 117 Å². The second-order valence-corrected chi connectivity index (χ2v) is 6.08. The summed E-state index contributed by atoms with van der Waals surface area (Å²) in [4.78, 5) is 3.72. The van der Waals surface area contributed by atoms with Crippen molar-refractivity contribution in [1.82, 2.24) is 4.98 Å². The summed E-state index contributed by atoms with van der Waals surface area (Å²) in [5, 5.41) is -0.268. The van der Waals surface area contributed by atoms with Crippen LogP contribution in [0, 0.1) is 5.82 Å². The lowest BCUT2D eigenvalue weighted by Gasteiger charge is -2.09. The van der Waals surface area contributed by atoms with Crippen molar-refractivity contribution in [2.45, 2.75) is 5.03 Å². The molecular weight excluding hydrogens is 337 g/mol. The van der Waals surface area contributed by atoms with Gasteiger partial charge in [0.05, 0.1) is 15.8 Å². The average Bonchev–Trinajstić information content (AvgIpc) is 2.34. The van der Waals surface area contributed by atoms with Crippen LogP contribution < -0.4 is 10.5 Å². The molecule has 1 aromatic carbocycles. The van der Waals surface area contributed by atoms with Crippen LogP contribution in [0.25, 0.3) is 0 Å². The number of sulfonamides is 1. The van der Waals surface area contributed by atoms with Gasteiger partial charge in [-0.05, 0) is 46.3 Å². The zero-order valence-corrected chi connectivity index (χ0v) is 11.9. The molecule has 0 spiro atoms. The Morgan fingerprint density at radius 1 is 1.32 bits per heavy atom. The lowest BCUT2D eigenvalue weighted by molar-refractivity contribution is 0.598. The summed E-state index contributed by atoms with van der Waals surface area (Å²) in [5.41, 5.74) is 5.81. The van der Waals surface area contributed by atoms with Gasteiger partial charge in [-0.1, -0.05) is 0 Å². The summed E-state index contributed by atoms with van der Waals surface area (Å²) < 4.78 is 39.6. The minimum absolute atomic E-state index is 0.0381. The van der Waals surface area contributed by atoms with Gasteiger partial charge in [-0.3, -0.25) is 4.72 Å². The van der Waals surface area contributed by atoms with Crippen LogP contribution in [0.4, 0.5) is 15.8 Å². The maximum Gasteiger partial charge on any atom is 0.281 e. The zero-order valence-electron chi connectivity index (χ0n) is 9.47. The summed E-state index contributed by atoms with van der Waals surface area (Å²) in [6.07, 6.45) is 1.32. The summed E-state index contributed by atoms with van der Waals surface area (Å²) in [5.74, 6) is -0.486. The molecule has 0 atom stereocenters. The molecule has 100 valence electrons. The predicted molar refractivity (Wildman–Crippen MR) is 73.6 cm³/mol. The van der Waals surface area contributed by atoms with E-state index in [1.54, 1.807) is 0 Å². The molecule has 0 fully saturated rings. The monoisotopic (exact) mass is 345 g/mol. The van der Waals surface area contributed by atoms with Crippen molar-refractivity contribution in [1.29, 1.82) is 0 Å². The molecule has 0 saturated heterocycles. The quantitative estimate of drug-likeness (QED) is 0.894. The van der Waals surface area contributed by atoms with E-state index in [0.29, 0.717) is 0 Å². The highest BCUT2D eigenvalue weighted by Crippen LogP contribution is 2.23. The van der Waals surface area contributed by atoms with Gasteiger partial charge in [-0.25, -0.2) is 9.37 Å². The first kappa shape index (κ1) is 13.8. The molecule has 2 rings (SSSR count). The highest BCUT2D eigenvalue weighted by Gasteiger charge is 2.19. The molecule has 8 heteroatoms. The number of nitrogen functional groups attached to an aromatic ring is 1. The van der Waals surface area contributed by atoms with E-state index >= 15 is 0 Å². The van der Waals surface area contributed by atoms with Crippen LogP contribution in [0.15, 0.2) is 46.0 Å². The van der Waals surface area contributed by atoms with Crippen LogP contribution in [0.3, 0.4) is 0 Å². The van der Waals surface area contributed by atoms with Crippen LogP contribution in [-0.4, -0.2) is 13.4 Å². The highest BCUT2D eigenvalue weighted by molar-refractivity contribution is 9.10. The molecular formula is C11H9BrFN3O2S. The van der Waals surface area contributed by atoms with Crippen molar-refractivity contribution in [3.63, 3.8) is 0 Å². The number of nitrogens with zero attached hydrogens (tertiary/aromatic N) is 1. The number of anilines is 2. The lowest BCUT2D eigenvalue weighted by Crippen LogP contribution is -2.16. The second kappa shape index (κ2) is 5.14. The largest absolute Gasteiger partial charge is 0.396 e. The number of nitrogens with one attached hydrogen (secondary N) is 1. The van der Waals surface area contributed by atoms with E-state index in [1.807, 2.05) is 0 Å². The van der Waals surface area contributed by atoms with Crippen molar-refractivity contribution in [2.24, 2.45) is 0 Å². The van der Waals surface area contributed by atoms with Crippen molar-refractivity contribution in [2.75, 3.05) is 10.5 Å². The molecule has 0 amide bonds. The topological polar surface area (TPSA) is 85.1 Å². The van der Waals surface area contributed by atoms with Gasteiger partial charge in [-0.2, -0.15) is 8.42 Å². The molecule has 3 N–H and O–H groups in total. The van der Waals surface area contributed by atoms with E-state index in [4.69, 9.17) is 5.73 Å². The van der Waals surface area contributed by atoms with Crippen LogP contribution in [0.1, 0.15) is 0 Å². The summed E-state index contributed by atoms with van der Waals surface area (Å²) in [7, 11) is -3.90. The van der Waals surface area contributed by atoms with Crippen LogP contribution in [0.5, 0.6) is 0 Å². The lowest BCUT2D eigenvalue weighted by atomic mass is 10.3. The van der Waals surface area contributed by atoms with Gasteiger partial charge in [0.2, 0.25) is 0 Å². The third-order valence-electron chi connectivity index (χ3n) is 2.23. The van der Waals surface area contributed by atoms with Crippen molar-refractivity contribution >= 4 is 37.3 Å². The maximum absolute atomic E-state index is 13.1. The molecule has 0 unspecified atom stereocenters. The van der Waals surface area contributed by atoms with E-state index in [-0.39, 0.29) is 20.9 Å². The molecule has 0 radical (unpaired) electrons. The van der Waals surface area contributed by atoms with E-state index in [9.17, 15) is 12.8 Å². The Morgan fingerprint density at radius 2 is 2.05 bits per heavy atom. The number of nitrogens with two attached hydrogens (primary N) is 1. The fourth-order valence-corrected chi connectivity index (χ4v) is 2.88. The van der Waals surface area contributed by atoms with E-state index in [0.717, 1.165) is 6.07 Å². The summed E-state index contributed by atoms with van der Waals surface area (Å²) in [6, 6.07) is 6.72. The van der Waals surface area contributed by atoms with Gasteiger partial charge in [0.1, 0.15) is 5.82 Å². The van der Waals surface area contributed by atoms with Gasteiger partial charge in [0.15, 0.2) is 5.03 Å². The fraction of sp³-hybridized carbons (Fsp3) is 0. The average molecular weight is 346 g/mol. The molecule has 0 bridgehead atoms. The Kier molecular flexibility index (Phi) is 3.72. The number of rotatable bonds is 3. The molecule has 0 aliphatic heterocycles. The number of hydrogen-bond donors (Lipinski definition) is 2. The van der Waals surface area contributed by atoms with Gasteiger partial charge in [0, 0.05) is 6.20 Å². The normalized spacial score (nSPS) is 11.3. The fourth-order valence-electron chi connectivity index (χ4n) is 1.39. The first-order valence-electron chi connectivity index (χ1n) is 5.08. The maximum atomic E-state index is 13.1. The number of benzene rings is 1. The molecule has 1 aromatic heterocycles. The third-order valence-corrected chi connectivity index (χ3v) is 4.19. The number of aromatic nitrogens is 1. The highest BCUT2D eigenvalue weighted by atomic mass is 79.9. The Hall–Kier alpha value is -1.67. The second-order valence-electron chi connectivity index (χ2n) is 3.63. The van der Waals surface area contributed by atoms with Crippen molar-refractivity contribution < 1.29 is 12.8 Å². The summed E-state index contributed by atoms with van der Waals surface area (Å²) >= 11 is 2.97. The molecule has 5 nitrogen and oxygen atoms in total. The smallest absolute Gasteiger partial charge is 0.281 e. The Morgan fingerprint density at radius 3 is 2.68 bits per heavy atom. The Balaban J connectivity index is 2.37. The molecule has 0 saturated carbocycles. The Bertz CT molecular complexity index is 722. The SMILES string of the molecule is Nc1cccnc1S(=O)(=O)Nc1ccc(F)c(Br)c1. The molecule has 0 aliphatic carbocycles. The number of halogens is 2. The van der Waals surface area contributed by atoms with Crippen LogP contribution in [-0.2, 0) is 10.0 Å². The molecule has 19 heavy (non-hydrogen) atoms. The third kappa shape index (κ3) is 3.02. The van der Waals surface area contributed by atoms with Crippen molar-refractivity contribution in [3.05, 3.63) is 46.8 Å². The molecule has 0 aliphatic rings. The van der Waals surface area contributed by atoms with Gasteiger partial charge < -0.3 is 5.73 Å². The van der Waals surface area contributed by atoms with E-state index in [1.165, 1.54) is 30.5 Å². The van der Waals surface area contributed by atoms with Gasteiger partial charge in [-0.15, -0.1) is 0 Å². The molecule has 1 heterocycles. The first-order valence-corrected chi connectivity index (χ1v) is 7.36. The van der Waals surface area contributed by atoms with E-state index < -0.39 is 15.8 Å². The number of hydrogen-bond acceptors (Lipinski definition) is 4. The van der Waals surface area contributed by atoms with Crippen molar-refractivity contribution in [3.8, 4) is 0 Å². The number of pyridine rings is 1. The zero-order chi connectivity index (χ0) is 14.0. The molecule has 2 aromatic rings. The van der Waals surface area contributed by atoms with Gasteiger partial charge in [0.25, 0.3) is 10.0 Å². The standard InChI is InChI=1S/C11H9BrFN3O2S/c12-8-6-7(3-4-9(8)13)16-19(17,18)11-10(14)2-1-5-15-11/h1-6,16H,14H2. The van der Waals surface area contributed by atoms with Crippen LogP contribution >= 0.6 is 15.9 Å². The summed E-state index contributed by atoms with van der Waals surface area (Å²) in [6.45, 7) is 0. The minimum Gasteiger partial charge on any atom is -0.396 e. The minimum atomic E-state index is -3.90. The predicted octanol–water partition coefficient (Wildman–Crippen LogP) is 2.37. The first-order chi connectivity index (χ1) is 8.90. The van der Waals surface area contributed by atoms with Crippen LogP contribution in [0.2, 0.25) is 0 Å².